The molecule has 3 aromatic carbocycles. The minimum atomic E-state index is -0.491. The van der Waals surface area contributed by atoms with Gasteiger partial charge in [-0.25, -0.2) is 4.79 Å². The molecule has 0 saturated heterocycles. The lowest BCUT2D eigenvalue weighted by atomic mass is 10.1. The van der Waals surface area contributed by atoms with E-state index in [9.17, 15) is 4.79 Å². The van der Waals surface area contributed by atoms with E-state index >= 15 is 0 Å². The van der Waals surface area contributed by atoms with Gasteiger partial charge in [0.1, 0.15) is 0 Å². The van der Waals surface area contributed by atoms with Crippen LogP contribution in [0, 0.1) is 6.92 Å². The first kappa shape index (κ1) is 18.9. The molecular weight excluding hydrogens is 366 g/mol. The highest BCUT2D eigenvalue weighted by atomic mass is 16.6. The summed E-state index contributed by atoms with van der Waals surface area (Å²) in [7, 11) is 3.24. The molecule has 1 aliphatic heterocycles. The van der Waals surface area contributed by atoms with Crippen LogP contribution >= 0.6 is 0 Å². The molecule has 5 heteroatoms. The average Bonchev–Trinajstić information content (AvgIpc) is 3.09. The number of nitrogens with zero attached hydrogens (tertiary/aromatic N) is 1. The molecule has 0 spiro atoms. The van der Waals surface area contributed by atoms with Crippen LogP contribution < -0.4 is 14.4 Å². The Morgan fingerprint density at radius 2 is 1.66 bits per heavy atom. The Labute approximate surface area is 170 Å². The minimum Gasteiger partial charge on any atom is -0.493 e. The number of carbonyl (C=O) groups excluding carboxylic acids is 1. The maximum absolute atomic E-state index is 12.4. The van der Waals surface area contributed by atoms with E-state index in [0.29, 0.717) is 23.6 Å². The van der Waals surface area contributed by atoms with Crippen LogP contribution in [0.25, 0.3) is 0 Å². The van der Waals surface area contributed by atoms with Crippen molar-refractivity contribution < 1.29 is 19.0 Å². The number of esters is 1. The smallest absolute Gasteiger partial charge is 0.340 e. The number of rotatable bonds is 6. The third kappa shape index (κ3) is 3.63. The van der Waals surface area contributed by atoms with E-state index in [1.165, 1.54) is 5.56 Å². The molecular formula is C24H23NO4. The molecule has 0 aliphatic carbocycles. The van der Waals surface area contributed by atoms with Gasteiger partial charge in [-0.3, -0.25) is 0 Å². The van der Waals surface area contributed by atoms with E-state index in [2.05, 4.69) is 17.0 Å². The van der Waals surface area contributed by atoms with Gasteiger partial charge in [0.15, 0.2) is 11.5 Å². The summed E-state index contributed by atoms with van der Waals surface area (Å²) in [5, 5.41) is 0. The molecule has 1 atom stereocenters. The second-order valence-electron chi connectivity index (χ2n) is 7.00. The quantitative estimate of drug-likeness (QED) is 0.562. The van der Waals surface area contributed by atoms with Gasteiger partial charge in [0, 0.05) is 17.8 Å². The van der Waals surface area contributed by atoms with Crippen LogP contribution in [0.4, 0.5) is 5.69 Å². The predicted molar refractivity (Wildman–Crippen MR) is 112 cm³/mol. The summed E-state index contributed by atoms with van der Waals surface area (Å²) < 4.78 is 16.6. The van der Waals surface area contributed by atoms with Crippen molar-refractivity contribution >= 4 is 11.7 Å². The molecule has 0 aromatic heterocycles. The lowest BCUT2D eigenvalue weighted by Gasteiger charge is -2.30. The molecule has 0 amide bonds. The summed E-state index contributed by atoms with van der Waals surface area (Å²) >= 11 is 0. The summed E-state index contributed by atoms with van der Waals surface area (Å²) in [5.41, 5.74) is 4.65. The van der Waals surface area contributed by atoms with E-state index in [-0.39, 0.29) is 5.97 Å². The predicted octanol–water partition coefficient (Wildman–Crippen LogP) is 4.89. The van der Waals surface area contributed by atoms with Crippen molar-refractivity contribution in [1.82, 2.24) is 0 Å². The molecule has 0 fully saturated rings. The Kier molecular flexibility index (Phi) is 5.12. The minimum absolute atomic E-state index is 0.296. The van der Waals surface area contributed by atoms with Crippen LogP contribution in [0.1, 0.15) is 33.3 Å². The number of hydrogen-bond donors (Lipinski definition) is 0. The molecule has 3 aromatic rings. The van der Waals surface area contributed by atoms with Gasteiger partial charge >= 0.3 is 5.97 Å². The van der Waals surface area contributed by atoms with Gasteiger partial charge in [-0.1, -0.05) is 42.0 Å². The normalized spacial score (nSPS) is 14.9. The van der Waals surface area contributed by atoms with Crippen molar-refractivity contribution in [2.45, 2.75) is 19.7 Å². The van der Waals surface area contributed by atoms with Crippen molar-refractivity contribution in [1.29, 1.82) is 0 Å². The van der Waals surface area contributed by atoms with Crippen molar-refractivity contribution in [3.05, 3.63) is 89.0 Å². The molecule has 29 heavy (non-hydrogen) atoms. The number of aryl methyl sites for hydroxylation is 1. The summed E-state index contributed by atoms with van der Waals surface area (Å²) in [5.74, 6) is 1.04. The van der Waals surface area contributed by atoms with Gasteiger partial charge in [0.05, 0.1) is 19.8 Å². The number of cyclic esters (lactones) is 1. The number of fused-ring (bicyclic) bond motifs is 1. The molecule has 1 unspecified atom stereocenters. The molecule has 1 aliphatic rings. The third-order valence-electron chi connectivity index (χ3n) is 5.11. The molecule has 148 valence electrons. The summed E-state index contributed by atoms with van der Waals surface area (Å²) in [6.07, 6.45) is -0.491. The molecule has 1 heterocycles. The Bertz CT molecular complexity index is 1030. The fourth-order valence-electron chi connectivity index (χ4n) is 3.58. The molecule has 0 radical (unpaired) electrons. The second kappa shape index (κ2) is 7.87. The number of anilines is 1. The first-order valence-corrected chi connectivity index (χ1v) is 9.45. The van der Waals surface area contributed by atoms with Crippen LogP contribution in [0.15, 0.2) is 66.7 Å². The zero-order valence-corrected chi connectivity index (χ0v) is 16.7. The van der Waals surface area contributed by atoms with Crippen molar-refractivity contribution in [3.63, 3.8) is 0 Å². The fourth-order valence-corrected chi connectivity index (χ4v) is 3.58. The number of methoxy groups -OCH3 is 2. The molecule has 5 nitrogen and oxygen atoms in total. The second-order valence-corrected chi connectivity index (χ2v) is 7.00. The first-order valence-electron chi connectivity index (χ1n) is 9.45. The van der Waals surface area contributed by atoms with E-state index in [1.807, 2.05) is 55.5 Å². The molecule has 4 rings (SSSR count). The van der Waals surface area contributed by atoms with Crippen LogP contribution in [0.3, 0.4) is 0 Å². The summed E-state index contributed by atoms with van der Waals surface area (Å²) in [4.78, 5) is 14.5. The molecule has 0 bridgehead atoms. The summed E-state index contributed by atoms with van der Waals surface area (Å²) in [6.45, 7) is 2.59. The van der Waals surface area contributed by atoms with Gasteiger partial charge in [0.2, 0.25) is 6.23 Å². The highest BCUT2D eigenvalue weighted by Gasteiger charge is 2.35. The van der Waals surface area contributed by atoms with Gasteiger partial charge in [0.25, 0.3) is 0 Å². The standard InChI is InChI=1S/C24H23NO4/c1-16-8-11-18(12-9-16)25(15-17-10-13-21(27-2)22(14-17)28-3)23-19-6-4-5-7-20(19)24(26)29-23/h4-14,23H,15H2,1-3H3. The summed E-state index contributed by atoms with van der Waals surface area (Å²) in [6, 6.07) is 21.6. The third-order valence-corrected chi connectivity index (χ3v) is 5.11. The van der Waals surface area contributed by atoms with Gasteiger partial charge in [-0.15, -0.1) is 0 Å². The van der Waals surface area contributed by atoms with Crippen LogP contribution in [0.2, 0.25) is 0 Å². The number of hydrogen-bond acceptors (Lipinski definition) is 5. The lowest BCUT2D eigenvalue weighted by molar-refractivity contribution is 0.0374. The zero-order valence-electron chi connectivity index (χ0n) is 16.7. The SMILES string of the molecule is COc1ccc(CN(c2ccc(C)cc2)C2OC(=O)c3ccccc32)cc1OC. The van der Waals surface area contributed by atoms with E-state index in [1.54, 1.807) is 20.3 Å². The number of carbonyl (C=O) groups is 1. The average molecular weight is 389 g/mol. The highest BCUT2D eigenvalue weighted by Crippen LogP contribution is 2.38. The maximum Gasteiger partial charge on any atom is 0.340 e. The van der Waals surface area contributed by atoms with E-state index < -0.39 is 6.23 Å². The topological polar surface area (TPSA) is 48.0 Å². The Hall–Kier alpha value is -3.47. The largest absolute Gasteiger partial charge is 0.493 e. The lowest BCUT2D eigenvalue weighted by Crippen LogP contribution is -2.28. The molecule has 0 N–H and O–H groups in total. The number of benzene rings is 3. The van der Waals surface area contributed by atoms with Gasteiger partial charge in [-0.2, -0.15) is 0 Å². The van der Waals surface area contributed by atoms with Gasteiger partial charge in [-0.05, 0) is 42.8 Å². The maximum atomic E-state index is 12.4. The molecule has 0 saturated carbocycles. The fraction of sp³-hybridized carbons (Fsp3) is 0.208. The monoisotopic (exact) mass is 389 g/mol. The van der Waals surface area contributed by atoms with E-state index in [4.69, 9.17) is 14.2 Å². The van der Waals surface area contributed by atoms with E-state index in [0.717, 1.165) is 16.8 Å². The Balaban J connectivity index is 1.74. The Morgan fingerprint density at radius 3 is 2.38 bits per heavy atom. The van der Waals surface area contributed by atoms with Crippen LogP contribution in [-0.2, 0) is 11.3 Å². The van der Waals surface area contributed by atoms with Crippen molar-refractivity contribution in [2.24, 2.45) is 0 Å². The van der Waals surface area contributed by atoms with Crippen LogP contribution in [0.5, 0.6) is 11.5 Å². The Morgan fingerprint density at radius 1 is 0.931 bits per heavy atom. The van der Waals surface area contributed by atoms with Crippen molar-refractivity contribution in [3.8, 4) is 11.5 Å². The van der Waals surface area contributed by atoms with Crippen molar-refractivity contribution in [2.75, 3.05) is 19.1 Å². The highest BCUT2D eigenvalue weighted by molar-refractivity contribution is 5.94. The van der Waals surface area contributed by atoms with Crippen LogP contribution in [-0.4, -0.2) is 20.2 Å². The van der Waals surface area contributed by atoms with Gasteiger partial charge < -0.3 is 19.1 Å². The zero-order chi connectivity index (χ0) is 20.4. The first-order chi connectivity index (χ1) is 14.1. The number of ether oxygens (including phenoxy) is 3.